The van der Waals surface area contributed by atoms with Gasteiger partial charge >= 0.3 is 5.63 Å². The van der Waals surface area contributed by atoms with Crippen LogP contribution in [-0.2, 0) is 0 Å². The van der Waals surface area contributed by atoms with E-state index in [2.05, 4.69) is 16.0 Å². The molecular weight excluding hydrogens is 392 g/mol. The molecule has 7 nitrogen and oxygen atoms in total. The molecule has 0 amide bonds. The number of nitrogens with zero attached hydrogens (tertiary/aromatic N) is 3. The highest BCUT2D eigenvalue weighted by molar-refractivity contribution is 5.92. The van der Waals surface area contributed by atoms with E-state index >= 15 is 0 Å². The van der Waals surface area contributed by atoms with Crippen molar-refractivity contribution in [1.29, 1.82) is 5.26 Å². The van der Waals surface area contributed by atoms with Gasteiger partial charge in [0.2, 0.25) is 0 Å². The van der Waals surface area contributed by atoms with Crippen LogP contribution in [0, 0.1) is 18.3 Å². The van der Waals surface area contributed by atoms with Gasteiger partial charge in [0.05, 0.1) is 16.9 Å². The fourth-order valence-corrected chi connectivity index (χ4v) is 3.39. The Morgan fingerprint density at radius 2 is 1.94 bits per heavy atom. The van der Waals surface area contributed by atoms with E-state index < -0.39 is 5.63 Å². The molecule has 0 atom stereocenters. The normalized spacial score (nSPS) is 11.5. The molecule has 2 aromatic heterocycles. The Balaban J connectivity index is 2.10. The van der Waals surface area contributed by atoms with Crippen LogP contribution in [0.2, 0.25) is 0 Å². The van der Waals surface area contributed by atoms with Gasteiger partial charge in [0, 0.05) is 5.56 Å². The zero-order valence-corrected chi connectivity index (χ0v) is 16.9. The Morgan fingerprint density at radius 3 is 2.61 bits per heavy atom. The number of benzene rings is 2. The molecule has 0 saturated carbocycles. The molecular formula is C24H18N4O3. The molecule has 4 rings (SSSR count). The van der Waals surface area contributed by atoms with Gasteiger partial charge in [0.25, 0.3) is 0 Å². The highest BCUT2D eigenvalue weighted by atomic mass is 16.4. The largest absolute Gasteiger partial charge is 0.506 e. The molecule has 0 radical (unpaired) electrons. The number of fused-ring (bicyclic) bond motifs is 1. The molecule has 152 valence electrons. The number of aryl methyl sites for hydroxylation is 1. The van der Waals surface area contributed by atoms with Crippen molar-refractivity contribution in [1.82, 2.24) is 4.98 Å². The Kier molecular flexibility index (Phi) is 4.97. The molecule has 2 aromatic carbocycles. The first-order valence-corrected chi connectivity index (χ1v) is 9.47. The molecule has 2 heterocycles. The molecule has 0 bridgehead atoms. The van der Waals surface area contributed by atoms with E-state index in [1.165, 1.54) is 0 Å². The number of rotatable bonds is 3. The van der Waals surface area contributed by atoms with E-state index in [9.17, 15) is 15.2 Å². The van der Waals surface area contributed by atoms with Crippen molar-refractivity contribution in [3.63, 3.8) is 0 Å². The molecule has 3 N–H and O–H groups in total. The molecule has 0 aliphatic heterocycles. The summed E-state index contributed by atoms with van der Waals surface area (Å²) < 4.78 is 5.43. The van der Waals surface area contributed by atoms with Crippen LogP contribution in [0.15, 0.2) is 68.8 Å². The van der Waals surface area contributed by atoms with Gasteiger partial charge in [-0.25, -0.2) is 14.8 Å². The first-order chi connectivity index (χ1) is 14.9. The van der Waals surface area contributed by atoms with Gasteiger partial charge in [-0.2, -0.15) is 5.26 Å². The van der Waals surface area contributed by atoms with E-state index in [-0.39, 0.29) is 39.8 Å². The summed E-state index contributed by atoms with van der Waals surface area (Å²) in [5, 5.41) is 21.1. The Labute approximate surface area is 177 Å². The second-order valence-corrected chi connectivity index (χ2v) is 7.10. The number of hydrogen-bond donors (Lipinski definition) is 2. The Hall–Kier alpha value is -4.44. The summed E-state index contributed by atoms with van der Waals surface area (Å²) in [4.78, 5) is 21.3. The van der Waals surface area contributed by atoms with Crippen LogP contribution in [0.1, 0.15) is 18.1 Å². The summed E-state index contributed by atoms with van der Waals surface area (Å²) in [7, 11) is 0. The van der Waals surface area contributed by atoms with Gasteiger partial charge in [-0.1, -0.05) is 42.0 Å². The van der Waals surface area contributed by atoms with E-state index in [0.717, 1.165) is 11.1 Å². The van der Waals surface area contributed by atoms with Gasteiger partial charge in [-0.3, -0.25) is 0 Å². The van der Waals surface area contributed by atoms with Crippen molar-refractivity contribution >= 4 is 22.6 Å². The average Bonchev–Trinajstić information content (AvgIpc) is 2.74. The van der Waals surface area contributed by atoms with Gasteiger partial charge < -0.3 is 15.3 Å². The molecule has 0 saturated heterocycles. The fraction of sp³-hybridized carbons (Fsp3) is 0.0833. The van der Waals surface area contributed by atoms with E-state index in [1.54, 1.807) is 31.2 Å². The van der Waals surface area contributed by atoms with E-state index in [1.807, 2.05) is 37.3 Å². The first-order valence-electron chi connectivity index (χ1n) is 9.47. The minimum Gasteiger partial charge on any atom is -0.506 e. The zero-order chi connectivity index (χ0) is 22.1. The lowest BCUT2D eigenvalue weighted by molar-refractivity contribution is 0.471. The van der Waals surface area contributed by atoms with Crippen LogP contribution < -0.4 is 11.4 Å². The number of nitrogens with two attached hydrogens (primary N) is 1. The summed E-state index contributed by atoms with van der Waals surface area (Å²) in [5.74, 6) is 0.0121. The van der Waals surface area contributed by atoms with E-state index in [0.29, 0.717) is 10.9 Å². The summed E-state index contributed by atoms with van der Waals surface area (Å²) in [6.07, 6.45) is 0. The van der Waals surface area contributed by atoms with Crippen LogP contribution in [0.25, 0.3) is 33.4 Å². The van der Waals surface area contributed by atoms with E-state index in [4.69, 9.17) is 10.2 Å². The lowest BCUT2D eigenvalue weighted by atomic mass is 9.98. The second kappa shape index (κ2) is 7.76. The summed E-state index contributed by atoms with van der Waals surface area (Å²) in [6.45, 7) is 3.44. The highest BCUT2D eigenvalue weighted by Gasteiger charge is 2.21. The smallest absolute Gasteiger partial charge is 0.349 e. The van der Waals surface area contributed by atoms with Crippen molar-refractivity contribution in [2.24, 2.45) is 10.7 Å². The van der Waals surface area contributed by atoms with Crippen molar-refractivity contribution in [2.45, 2.75) is 13.8 Å². The highest BCUT2D eigenvalue weighted by Crippen LogP contribution is 2.37. The molecule has 0 aliphatic carbocycles. The molecule has 7 heteroatoms. The van der Waals surface area contributed by atoms with Gasteiger partial charge in [-0.15, -0.1) is 0 Å². The van der Waals surface area contributed by atoms with Crippen LogP contribution >= 0.6 is 0 Å². The molecule has 0 fully saturated rings. The lowest BCUT2D eigenvalue weighted by Gasteiger charge is -2.12. The summed E-state index contributed by atoms with van der Waals surface area (Å²) in [5.41, 5.74) is 7.64. The van der Waals surface area contributed by atoms with Crippen LogP contribution in [0.4, 0.5) is 5.82 Å². The predicted molar refractivity (Wildman–Crippen MR) is 119 cm³/mol. The van der Waals surface area contributed by atoms with Crippen LogP contribution in [-0.4, -0.2) is 15.9 Å². The predicted octanol–water partition coefficient (Wildman–Crippen LogP) is 4.42. The Bertz CT molecular complexity index is 1440. The quantitative estimate of drug-likeness (QED) is 0.293. The number of amidine groups is 1. The maximum absolute atomic E-state index is 12.8. The van der Waals surface area contributed by atoms with Gasteiger partial charge in [0.15, 0.2) is 5.82 Å². The van der Waals surface area contributed by atoms with Gasteiger partial charge in [-0.05, 0) is 37.6 Å². The first kappa shape index (κ1) is 19.9. The topological polar surface area (TPSA) is 126 Å². The second-order valence-electron chi connectivity index (χ2n) is 7.10. The van der Waals surface area contributed by atoms with Crippen LogP contribution in [0.5, 0.6) is 5.75 Å². The molecule has 0 unspecified atom stereocenters. The molecule has 31 heavy (non-hydrogen) atoms. The van der Waals surface area contributed by atoms with Crippen molar-refractivity contribution in [3.8, 4) is 34.2 Å². The van der Waals surface area contributed by atoms with Gasteiger partial charge in [0.1, 0.15) is 28.5 Å². The number of pyridine rings is 1. The maximum atomic E-state index is 12.8. The zero-order valence-electron chi connectivity index (χ0n) is 16.9. The minimum absolute atomic E-state index is 0.0574. The lowest BCUT2D eigenvalue weighted by Crippen LogP contribution is -2.07. The maximum Gasteiger partial charge on any atom is 0.349 e. The standard InChI is InChI=1S/C24H18N4O3/c1-13-8-9-20-17(10-13)22(29)21(24(30)31-20)19-11-16(15-6-4-3-5-7-15)18(12-25)23(28-19)27-14(2)26/h3-11,29H,1-2H3,(H2,26,27,28). The number of nitriles is 1. The SMILES string of the molecule is C/C(N)=N\c1nc(-c2c(O)c3cc(C)ccc3oc2=O)cc(-c2ccccc2)c1C#N. The molecule has 0 spiro atoms. The minimum atomic E-state index is -0.746. The number of hydrogen-bond acceptors (Lipinski definition) is 6. The number of aromatic nitrogens is 1. The third-order valence-corrected chi connectivity index (χ3v) is 4.77. The molecule has 4 aromatic rings. The summed E-state index contributed by atoms with van der Waals surface area (Å²) >= 11 is 0. The van der Waals surface area contributed by atoms with Crippen molar-refractivity contribution in [2.75, 3.05) is 0 Å². The Morgan fingerprint density at radius 1 is 1.19 bits per heavy atom. The monoisotopic (exact) mass is 410 g/mol. The van der Waals surface area contributed by atoms with Crippen LogP contribution in [0.3, 0.4) is 0 Å². The average molecular weight is 410 g/mol. The van der Waals surface area contributed by atoms with Crippen molar-refractivity contribution < 1.29 is 9.52 Å². The third-order valence-electron chi connectivity index (χ3n) is 4.77. The third kappa shape index (κ3) is 3.63. The summed E-state index contributed by atoms with van der Waals surface area (Å²) in [6, 6.07) is 18.0. The number of aromatic hydroxyl groups is 1. The fourth-order valence-electron chi connectivity index (χ4n) is 3.39. The van der Waals surface area contributed by atoms with Crippen molar-refractivity contribution in [3.05, 3.63) is 76.1 Å². The molecule has 0 aliphatic rings. The number of aliphatic imine (C=N–C) groups is 1.